The molecule has 0 bridgehead atoms. The summed E-state index contributed by atoms with van der Waals surface area (Å²) in [5.41, 5.74) is 3.68. The van der Waals surface area contributed by atoms with Crippen LogP contribution < -0.4 is 10.2 Å². The molecule has 4 nitrogen and oxygen atoms in total. The van der Waals surface area contributed by atoms with Gasteiger partial charge in [0.25, 0.3) is 0 Å². The van der Waals surface area contributed by atoms with Crippen molar-refractivity contribution in [2.24, 2.45) is 5.10 Å². The first-order chi connectivity index (χ1) is 9.19. The van der Waals surface area contributed by atoms with Gasteiger partial charge in [-0.25, -0.2) is 4.98 Å². The highest BCUT2D eigenvalue weighted by Crippen LogP contribution is 2.22. The second-order valence-corrected chi connectivity index (χ2v) is 4.47. The minimum Gasteiger partial charge on any atom is -0.497 e. The summed E-state index contributed by atoms with van der Waals surface area (Å²) in [6.07, 6.45) is 3.16. The van der Waals surface area contributed by atoms with Crippen LogP contribution in [0.15, 0.2) is 41.6 Å². The molecule has 0 saturated heterocycles. The van der Waals surface area contributed by atoms with Crippen molar-refractivity contribution in [3.63, 3.8) is 0 Å². The molecule has 0 atom stereocenters. The van der Waals surface area contributed by atoms with E-state index in [1.165, 1.54) is 6.20 Å². The van der Waals surface area contributed by atoms with E-state index < -0.39 is 0 Å². The second kappa shape index (κ2) is 6.41. The van der Waals surface area contributed by atoms with Crippen molar-refractivity contribution in [3.8, 4) is 5.75 Å². The Morgan fingerprint density at radius 1 is 1.26 bits per heavy atom. The fourth-order valence-electron chi connectivity index (χ4n) is 1.35. The van der Waals surface area contributed by atoms with Crippen LogP contribution in [0.4, 0.5) is 5.82 Å². The molecule has 0 saturated carbocycles. The molecule has 19 heavy (non-hydrogen) atoms. The van der Waals surface area contributed by atoms with Crippen LogP contribution >= 0.6 is 23.2 Å². The number of hydrazone groups is 1. The van der Waals surface area contributed by atoms with Crippen LogP contribution in [-0.4, -0.2) is 18.3 Å². The molecular formula is C13H11Cl2N3O. The van der Waals surface area contributed by atoms with Gasteiger partial charge in [0.2, 0.25) is 0 Å². The molecule has 0 spiro atoms. The number of pyridine rings is 1. The Morgan fingerprint density at radius 2 is 2.00 bits per heavy atom. The Morgan fingerprint density at radius 3 is 2.63 bits per heavy atom. The molecule has 0 aliphatic carbocycles. The maximum absolute atomic E-state index is 5.95. The van der Waals surface area contributed by atoms with Crippen molar-refractivity contribution in [2.45, 2.75) is 0 Å². The molecule has 0 aliphatic heterocycles. The Kier molecular flexibility index (Phi) is 4.60. The third kappa shape index (κ3) is 3.84. The van der Waals surface area contributed by atoms with Gasteiger partial charge in [-0.1, -0.05) is 23.2 Å². The fraction of sp³-hybridized carbons (Fsp3) is 0.0769. The summed E-state index contributed by atoms with van der Waals surface area (Å²) in [6, 6.07) is 9.09. The number of nitrogens with zero attached hydrogens (tertiary/aromatic N) is 2. The van der Waals surface area contributed by atoms with E-state index in [1.54, 1.807) is 19.4 Å². The van der Waals surface area contributed by atoms with Gasteiger partial charge >= 0.3 is 0 Å². The van der Waals surface area contributed by atoms with Crippen molar-refractivity contribution in [1.82, 2.24) is 4.98 Å². The van der Waals surface area contributed by atoms with E-state index in [-0.39, 0.29) is 0 Å². The van der Waals surface area contributed by atoms with Gasteiger partial charge in [-0.15, -0.1) is 0 Å². The van der Waals surface area contributed by atoms with Crippen molar-refractivity contribution in [3.05, 3.63) is 52.1 Å². The van der Waals surface area contributed by atoms with Crippen LogP contribution in [0.5, 0.6) is 5.75 Å². The monoisotopic (exact) mass is 295 g/mol. The highest BCUT2D eigenvalue weighted by Gasteiger charge is 2.00. The molecule has 98 valence electrons. The van der Waals surface area contributed by atoms with Crippen LogP contribution in [0.25, 0.3) is 0 Å². The summed E-state index contributed by atoms with van der Waals surface area (Å²) in [6.45, 7) is 0. The normalized spacial score (nSPS) is 10.7. The first-order valence-corrected chi connectivity index (χ1v) is 6.19. The van der Waals surface area contributed by atoms with Gasteiger partial charge in [0, 0.05) is 6.20 Å². The number of benzene rings is 1. The molecule has 6 heteroatoms. The van der Waals surface area contributed by atoms with Gasteiger partial charge in [0.05, 0.1) is 23.4 Å². The average molecular weight is 296 g/mol. The van der Waals surface area contributed by atoms with Crippen LogP contribution in [-0.2, 0) is 0 Å². The van der Waals surface area contributed by atoms with E-state index in [1.807, 2.05) is 24.3 Å². The molecule has 1 aromatic carbocycles. The van der Waals surface area contributed by atoms with E-state index in [4.69, 9.17) is 27.9 Å². The summed E-state index contributed by atoms with van der Waals surface area (Å²) in [5.74, 6) is 1.25. The Hall–Kier alpha value is -1.78. The van der Waals surface area contributed by atoms with Crippen molar-refractivity contribution in [1.29, 1.82) is 0 Å². The second-order valence-electron chi connectivity index (χ2n) is 3.63. The number of nitrogens with one attached hydrogen (secondary N) is 1. The highest BCUT2D eigenvalue weighted by atomic mass is 35.5. The van der Waals surface area contributed by atoms with Crippen molar-refractivity contribution in [2.75, 3.05) is 12.5 Å². The molecule has 0 fully saturated rings. The first-order valence-electron chi connectivity index (χ1n) is 5.43. The predicted octanol–water partition coefficient (Wildman–Crippen LogP) is 3.84. The standard InChI is InChI=1S/C13H11Cl2N3O/c1-19-11-4-2-9(3-5-11)7-17-18-13-12(15)6-10(14)8-16-13/h2-8H,1H3,(H,16,18)/b17-7-. The molecule has 1 heterocycles. The van der Waals surface area contributed by atoms with Crippen LogP contribution in [0.2, 0.25) is 10.0 Å². The molecular weight excluding hydrogens is 285 g/mol. The molecule has 0 unspecified atom stereocenters. The Balaban J connectivity index is 2.02. The fourth-order valence-corrected chi connectivity index (χ4v) is 1.78. The highest BCUT2D eigenvalue weighted by molar-refractivity contribution is 6.35. The number of aromatic nitrogens is 1. The van der Waals surface area contributed by atoms with E-state index in [0.717, 1.165) is 11.3 Å². The third-order valence-corrected chi connectivity index (χ3v) is 2.80. The Labute approximate surface area is 121 Å². The number of anilines is 1. The van der Waals surface area contributed by atoms with Gasteiger partial charge in [-0.2, -0.15) is 5.10 Å². The molecule has 1 N–H and O–H groups in total. The zero-order chi connectivity index (χ0) is 13.7. The van der Waals surface area contributed by atoms with Crippen molar-refractivity contribution >= 4 is 35.2 Å². The van der Waals surface area contributed by atoms with Gasteiger partial charge in [0.1, 0.15) is 5.75 Å². The van der Waals surface area contributed by atoms with E-state index >= 15 is 0 Å². The smallest absolute Gasteiger partial charge is 0.165 e. The SMILES string of the molecule is COc1ccc(/C=N\Nc2ncc(Cl)cc2Cl)cc1. The number of halogens is 2. The summed E-state index contributed by atoms with van der Waals surface area (Å²) in [4.78, 5) is 4.03. The number of methoxy groups -OCH3 is 1. The number of hydrogen-bond acceptors (Lipinski definition) is 4. The van der Waals surface area contributed by atoms with E-state index in [9.17, 15) is 0 Å². The molecule has 2 aromatic rings. The lowest BCUT2D eigenvalue weighted by atomic mass is 10.2. The zero-order valence-electron chi connectivity index (χ0n) is 10.1. The molecule has 0 amide bonds. The molecule has 2 rings (SSSR count). The van der Waals surface area contributed by atoms with Gasteiger partial charge < -0.3 is 4.74 Å². The van der Waals surface area contributed by atoms with Crippen LogP contribution in [0, 0.1) is 0 Å². The quantitative estimate of drug-likeness (QED) is 0.688. The lowest BCUT2D eigenvalue weighted by molar-refractivity contribution is 0.415. The molecule has 0 aliphatic rings. The lowest BCUT2D eigenvalue weighted by Crippen LogP contribution is -1.94. The number of rotatable bonds is 4. The lowest BCUT2D eigenvalue weighted by Gasteiger charge is -2.02. The average Bonchev–Trinajstić information content (AvgIpc) is 2.42. The first kappa shape index (κ1) is 13.6. The topological polar surface area (TPSA) is 46.5 Å². The predicted molar refractivity (Wildman–Crippen MR) is 78.5 cm³/mol. The van der Waals surface area contributed by atoms with E-state index in [0.29, 0.717) is 15.9 Å². The number of ether oxygens (including phenoxy) is 1. The summed E-state index contributed by atoms with van der Waals surface area (Å²) in [7, 11) is 1.62. The maximum atomic E-state index is 5.95. The Bertz CT molecular complexity index is 585. The van der Waals surface area contributed by atoms with Crippen LogP contribution in [0.3, 0.4) is 0 Å². The maximum Gasteiger partial charge on any atom is 0.165 e. The minimum absolute atomic E-state index is 0.416. The minimum atomic E-state index is 0.416. The van der Waals surface area contributed by atoms with Gasteiger partial charge in [0.15, 0.2) is 5.82 Å². The third-order valence-electron chi connectivity index (χ3n) is 2.31. The van der Waals surface area contributed by atoms with Crippen molar-refractivity contribution < 1.29 is 4.74 Å². The molecule has 1 aromatic heterocycles. The summed E-state index contributed by atoms with van der Waals surface area (Å²) >= 11 is 11.7. The van der Waals surface area contributed by atoms with Crippen LogP contribution in [0.1, 0.15) is 5.56 Å². The zero-order valence-corrected chi connectivity index (χ0v) is 11.6. The molecule has 0 radical (unpaired) electrons. The van der Waals surface area contributed by atoms with Gasteiger partial charge in [-0.05, 0) is 35.9 Å². The van der Waals surface area contributed by atoms with E-state index in [2.05, 4.69) is 15.5 Å². The van der Waals surface area contributed by atoms with Gasteiger partial charge in [-0.3, -0.25) is 5.43 Å². The summed E-state index contributed by atoms with van der Waals surface area (Å²) < 4.78 is 5.07. The number of hydrogen-bond donors (Lipinski definition) is 1. The summed E-state index contributed by atoms with van der Waals surface area (Å²) in [5, 5.41) is 4.95. The largest absolute Gasteiger partial charge is 0.497 e.